The van der Waals surface area contributed by atoms with Gasteiger partial charge in [0, 0.05) is 35.2 Å². The zero-order chi connectivity index (χ0) is 15.0. The van der Waals surface area contributed by atoms with Crippen molar-refractivity contribution in [3.05, 3.63) is 27.8 Å². The fraction of sp³-hybridized carbons (Fsp3) is 0.500. The van der Waals surface area contributed by atoms with E-state index in [1.54, 1.807) is 20.1 Å². The highest BCUT2D eigenvalue weighted by molar-refractivity contribution is 6.31. The van der Waals surface area contributed by atoms with Gasteiger partial charge in [-0.2, -0.15) is 0 Å². The Hall–Kier alpha value is -1.46. The van der Waals surface area contributed by atoms with Crippen LogP contribution in [0.5, 0.6) is 5.75 Å². The molecule has 1 aliphatic heterocycles. The molecular formula is C14H18ClNO4. The Kier molecular flexibility index (Phi) is 4.11. The van der Waals surface area contributed by atoms with E-state index in [-0.39, 0.29) is 5.92 Å². The first kappa shape index (κ1) is 14.9. The maximum atomic E-state index is 10.9. The van der Waals surface area contributed by atoms with Crippen LogP contribution in [-0.2, 0) is 0 Å². The van der Waals surface area contributed by atoms with E-state index in [4.69, 9.17) is 21.4 Å². The van der Waals surface area contributed by atoms with Crippen molar-refractivity contribution in [3.8, 4) is 5.75 Å². The summed E-state index contributed by atoms with van der Waals surface area (Å²) in [7, 11) is 1.55. The molecule has 0 spiro atoms. The summed E-state index contributed by atoms with van der Waals surface area (Å²) >= 11 is 6.22. The predicted octanol–water partition coefficient (Wildman–Crippen LogP) is 2.79. The molecule has 0 radical (unpaired) electrons. The van der Waals surface area contributed by atoms with Crippen LogP contribution in [0.2, 0.25) is 5.02 Å². The van der Waals surface area contributed by atoms with Gasteiger partial charge in [0.2, 0.25) is 0 Å². The lowest BCUT2D eigenvalue weighted by molar-refractivity contribution is 0.104. The van der Waals surface area contributed by atoms with E-state index in [0.29, 0.717) is 29.4 Å². The number of aliphatic hydroxyl groups is 1. The van der Waals surface area contributed by atoms with Gasteiger partial charge in [-0.1, -0.05) is 11.6 Å². The second-order valence-electron chi connectivity index (χ2n) is 5.08. The van der Waals surface area contributed by atoms with Gasteiger partial charge in [-0.25, -0.2) is 4.79 Å². The van der Waals surface area contributed by atoms with Crippen LogP contribution in [0.3, 0.4) is 0 Å². The zero-order valence-corrected chi connectivity index (χ0v) is 12.4. The number of hydrogen-bond acceptors (Lipinski definition) is 3. The summed E-state index contributed by atoms with van der Waals surface area (Å²) in [4.78, 5) is 12.2. The minimum atomic E-state index is -0.921. The number of ether oxygens (including phenoxy) is 1. The summed E-state index contributed by atoms with van der Waals surface area (Å²) in [5.74, 6) is 0.661. The summed E-state index contributed by atoms with van der Waals surface area (Å²) in [5.41, 5.74) is 2.41. The second-order valence-corrected chi connectivity index (χ2v) is 5.49. The Morgan fingerprint density at radius 3 is 2.60 bits per heavy atom. The van der Waals surface area contributed by atoms with Crippen molar-refractivity contribution in [1.29, 1.82) is 0 Å². The van der Waals surface area contributed by atoms with E-state index < -0.39 is 12.2 Å². The number of hydrogen-bond donors (Lipinski definition) is 2. The number of carbonyl (C=O) groups is 1. The average Bonchev–Trinajstić information content (AvgIpc) is 2.31. The van der Waals surface area contributed by atoms with Crippen LogP contribution in [0.15, 0.2) is 6.07 Å². The van der Waals surface area contributed by atoms with Gasteiger partial charge in [-0.05, 0) is 25.5 Å². The Morgan fingerprint density at radius 1 is 1.55 bits per heavy atom. The Bertz CT molecular complexity index is 538. The number of halogens is 1. The van der Waals surface area contributed by atoms with Crippen LogP contribution >= 0.6 is 11.6 Å². The first-order valence-corrected chi connectivity index (χ1v) is 6.77. The van der Waals surface area contributed by atoms with Gasteiger partial charge in [0.15, 0.2) is 0 Å². The minimum Gasteiger partial charge on any atom is -0.496 e. The van der Waals surface area contributed by atoms with Crippen LogP contribution in [0.4, 0.5) is 4.79 Å². The maximum Gasteiger partial charge on any atom is 0.407 e. The molecule has 1 heterocycles. The van der Waals surface area contributed by atoms with Crippen molar-refractivity contribution >= 4 is 17.7 Å². The highest BCUT2D eigenvalue weighted by Crippen LogP contribution is 2.42. The van der Waals surface area contributed by atoms with Gasteiger partial charge in [0.05, 0.1) is 13.2 Å². The van der Waals surface area contributed by atoms with E-state index in [1.165, 1.54) is 4.90 Å². The third-order valence-corrected chi connectivity index (χ3v) is 4.16. The molecule has 5 nitrogen and oxygen atoms in total. The fourth-order valence-corrected chi connectivity index (χ4v) is 2.83. The van der Waals surface area contributed by atoms with E-state index in [2.05, 4.69) is 0 Å². The monoisotopic (exact) mass is 299 g/mol. The molecule has 1 fully saturated rings. The molecule has 2 N–H and O–H groups in total. The van der Waals surface area contributed by atoms with Crippen molar-refractivity contribution in [3.63, 3.8) is 0 Å². The Balaban J connectivity index is 2.44. The lowest BCUT2D eigenvalue weighted by atomic mass is 9.85. The number of aliphatic hydroxyl groups excluding tert-OH is 1. The molecular weight excluding hydrogens is 282 g/mol. The largest absolute Gasteiger partial charge is 0.496 e. The lowest BCUT2D eigenvalue weighted by Gasteiger charge is -2.39. The summed E-state index contributed by atoms with van der Waals surface area (Å²) in [6.45, 7) is 4.38. The van der Waals surface area contributed by atoms with Crippen LogP contribution in [0.1, 0.15) is 35.6 Å². The third kappa shape index (κ3) is 2.43. The van der Waals surface area contributed by atoms with E-state index >= 15 is 0 Å². The third-order valence-electron chi connectivity index (χ3n) is 3.77. The molecule has 1 aromatic carbocycles. The first-order chi connectivity index (χ1) is 9.36. The van der Waals surface area contributed by atoms with Gasteiger partial charge >= 0.3 is 6.09 Å². The van der Waals surface area contributed by atoms with Crippen LogP contribution < -0.4 is 4.74 Å². The summed E-state index contributed by atoms with van der Waals surface area (Å²) in [6, 6.07) is 1.71. The normalized spacial score (nSPS) is 16.8. The topological polar surface area (TPSA) is 70.0 Å². The summed E-state index contributed by atoms with van der Waals surface area (Å²) in [5, 5.41) is 19.3. The number of nitrogens with zero attached hydrogens (tertiary/aromatic N) is 1. The van der Waals surface area contributed by atoms with Crippen LogP contribution in [-0.4, -0.2) is 41.4 Å². The average molecular weight is 300 g/mol. The molecule has 20 heavy (non-hydrogen) atoms. The van der Waals surface area contributed by atoms with Gasteiger partial charge in [-0.3, -0.25) is 0 Å². The summed E-state index contributed by atoms with van der Waals surface area (Å²) in [6.07, 6.45) is -1.62. The molecule has 110 valence electrons. The van der Waals surface area contributed by atoms with Gasteiger partial charge in [0.25, 0.3) is 0 Å². The fourth-order valence-electron chi connectivity index (χ4n) is 2.61. The molecule has 0 aliphatic carbocycles. The van der Waals surface area contributed by atoms with Crippen LogP contribution in [0, 0.1) is 6.92 Å². The SMILES string of the molecule is COc1c(C(C)O)cc(Cl)c(C)c1C1CN(C(=O)O)C1. The highest BCUT2D eigenvalue weighted by Gasteiger charge is 2.36. The molecule has 1 aromatic rings. The number of benzene rings is 1. The van der Waals surface area contributed by atoms with Gasteiger partial charge in [0.1, 0.15) is 5.75 Å². The Labute approximate surface area is 122 Å². The van der Waals surface area contributed by atoms with Crippen molar-refractivity contribution in [1.82, 2.24) is 4.90 Å². The second kappa shape index (κ2) is 5.50. The Morgan fingerprint density at radius 2 is 2.15 bits per heavy atom. The standard InChI is InChI=1S/C14H18ClNO4/c1-7-11(15)4-10(8(2)17)13(20-3)12(7)9-5-16(6-9)14(18)19/h4,8-9,17H,5-6H2,1-3H3,(H,18,19). The molecule has 1 amide bonds. The maximum absolute atomic E-state index is 10.9. The number of amides is 1. The minimum absolute atomic E-state index is 0.0530. The number of carboxylic acid groups (broad SMARTS) is 1. The lowest BCUT2D eigenvalue weighted by Crippen LogP contribution is -2.48. The molecule has 2 rings (SSSR count). The van der Waals surface area contributed by atoms with Crippen molar-refractivity contribution < 1.29 is 19.7 Å². The first-order valence-electron chi connectivity index (χ1n) is 6.39. The van der Waals surface area contributed by atoms with Gasteiger partial charge < -0.3 is 19.8 Å². The van der Waals surface area contributed by atoms with Crippen molar-refractivity contribution in [2.24, 2.45) is 0 Å². The predicted molar refractivity (Wildman–Crippen MR) is 75.7 cm³/mol. The highest BCUT2D eigenvalue weighted by atomic mass is 35.5. The summed E-state index contributed by atoms with van der Waals surface area (Å²) < 4.78 is 5.44. The molecule has 0 bridgehead atoms. The quantitative estimate of drug-likeness (QED) is 0.900. The molecule has 1 atom stereocenters. The molecule has 0 saturated carbocycles. The molecule has 1 saturated heterocycles. The smallest absolute Gasteiger partial charge is 0.407 e. The molecule has 1 unspecified atom stereocenters. The van der Waals surface area contributed by atoms with Crippen LogP contribution in [0.25, 0.3) is 0 Å². The number of methoxy groups -OCH3 is 1. The van der Waals surface area contributed by atoms with E-state index in [0.717, 1.165) is 11.1 Å². The van der Waals surface area contributed by atoms with E-state index in [1.807, 2.05) is 6.92 Å². The molecule has 0 aromatic heterocycles. The molecule has 6 heteroatoms. The van der Waals surface area contributed by atoms with Crippen molar-refractivity contribution in [2.75, 3.05) is 20.2 Å². The molecule has 1 aliphatic rings. The van der Waals surface area contributed by atoms with E-state index in [9.17, 15) is 9.90 Å². The van der Waals surface area contributed by atoms with Crippen molar-refractivity contribution in [2.45, 2.75) is 25.9 Å². The zero-order valence-electron chi connectivity index (χ0n) is 11.7. The van der Waals surface area contributed by atoms with Gasteiger partial charge in [-0.15, -0.1) is 0 Å². The number of rotatable bonds is 3. The number of likely N-dealkylation sites (tertiary alicyclic amines) is 1.